The summed E-state index contributed by atoms with van der Waals surface area (Å²) in [6.07, 6.45) is -1.39. The highest BCUT2D eigenvalue weighted by atomic mass is 19.4. The lowest BCUT2D eigenvalue weighted by Gasteiger charge is -2.37. The van der Waals surface area contributed by atoms with Crippen LogP contribution in [-0.2, 0) is 12.1 Å². The van der Waals surface area contributed by atoms with Gasteiger partial charge in [-0.2, -0.15) is 13.2 Å². The number of alkyl halides is 3. The van der Waals surface area contributed by atoms with E-state index in [9.17, 15) is 27.2 Å². The van der Waals surface area contributed by atoms with Crippen molar-refractivity contribution >= 4 is 17.4 Å². The van der Waals surface area contributed by atoms with Crippen LogP contribution < -0.4 is 21.9 Å². The molecule has 0 saturated heterocycles. The van der Waals surface area contributed by atoms with Crippen molar-refractivity contribution in [2.24, 2.45) is 5.92 Å². The fourth-order valence-corrected chi connectivity index (χ4v) is 3.14. The molecule has 2 aliphatic rings. The predicted octanol–water partition coefficient (Wildman–Crippen LogP) is 2.32. The summed E-state index contributed by atoms with van der Waals surface area (Å²) in [7, 11) is 0. The van der Waals surface area contributed by atoms with E-state index in [1.165, 1.54) is 0 Å². The molecule has 1 aromatic carbocycles. The largest absolute Gasteiger partial charge is 0.427 e. The van der Waals surface area contributed by atoms with Gasteiger partial charge in [0.15, 0.2) is 0 Å². The first-order valence-corrected chi connectivity index (χ1v) is 8.92. The van der Waals surface area contributed by atoms with E-state index in [0.29, 0.717) is 18.9 Å². The van der Waals surface area contributed by atoms with Crippen LogP contribution >= 0.6 is 0 Å². The van der Waals surface area contributed by atoms with Crippen molar-refractivity contribution in [1.29, 1.82) is 0 Å². The van der Waals surface area contributed by atoms with E-state index in [1.807, 2.05) is 5.32 Å². The molecule has 2 amide bonds. The lowest BCUT2D eigenvalue weighted by Crippen LogP contribution is -2.59. The van der Waals surface area contributed by atoms with Crippen LogP contribution in [0.3, 0.4) is 0 Å². The number of halogens is 4. The van der Waals surface area contributed by atoms with Gasteiger partial charge in [0.2, 0.25) is 5.54 Å². The molecule has 1 unspecified atom stereocenters. The van der Waals surface area contributed by atoms with Crippen LogP contribution in [0.1, 0.15) is 24.0 Å². The molecule has 0 radical (unpaired) electrons. The van der Waals surface area contributed by atoms with E-state index >= 15 is 0 Å². The van der Waals surface area contributed by atoms with Gasteiger partial charge in [-0.15, -0.1) is 0 Å². The van der Waals surface area contributed by atoms with Crippen LogP contribution in [0.5, 0.6) is 0 Å². The summed E-state index contributed by atoms with van der Waals surface area (Å²) in [5.41, 5.74) is 0.725. The SMILES string of the molecule is Nc1cncn(Cc2cc3c(cc2F)C(C#CC2CC2)(C(F)(F)F)NC(=O)N3)c1=O. The summed E-state index contributed by atoms with van der Waals surface area (Å²) < 4.78 is 58.0. The van der Waals surface area contributed by atoms with Crippen molar-refractivity contribution < 1.29 is 22.4 Å². The van der Waals surface area contributed by atoms with E-state index in [1.54, 1.807) is 0 Å². The number of nitrogens with zero attached hydrogens (tertiary/aromatic N) is 2. The van der Waals surface area contributed by atoms with Crippen molar-refractivity contribution in [3.8, 4) is 11.8 Å². The molecule has 1 saturated carbocycles. The standard InChI is InChI=1S/C19H15F4N5O2/c20-13-6-12-15(5-11(13)8-28-9-25-7-14(24)16(28)29)26-17(30)27-18(12,19(21,22)23)4-3-10-1-2-10/h5-7,9-10H,1-2,8,24H2,(H2,26,27,30). The Morgan fingerprint density at radius 2 is 2.03 bits per heavy atom. The van der Waals surface area contributed by atoms with Gasteiger partial charge in [-0.3, -0.25) is 9.36 Å². The zero-order valence-electron chi connectivity index (χ0n) is 15.3. The molecule has 0 bridgehead atoms. The maximum Gasteiger partial charge on any atom is 0.427 e. The summed E-state index contributed by atoms with van der Waals surface area (Å²) in [4.78, 5) is 27.8. The minimum atomic E-state index is -5.00. The van der Waals surface area contributed by atoms with E-state index in [4.69, 9.17) is 5.73 Å². The number of carbonyl (C=O) groups is 1. The van der Waals surface area contributed by atoms with Crippen LogP contribution in [0.4, 0.5) is 33.7 Å². The molecule has 1 fully saturated rings. The van der Waals surface area contributed by atoms with Gasteiger partial charge in [0.25, 0.3) is 5.56 Å². The fourth-order valence-electron chi connectivity index (χ4n) is 3.14. The lowest BCUT2D eigenvalue weighted by atomic mass is 9.85. The number of urea groups is 1. The van der Waals surface area contributed by atoms with Gasteiger partial charge in [-0.05, 0) is 25.0 Å². The zero-order valence-corrected chi connectivity index (χ0v) is 15.3. The van der Waals surface area contributed by atoms with E-state index < -0.39 is 34.7 Å². The summed E-state index contributed by atoms with van der Waals surface area (Å²) in [6.45, 7) is -0.341. The van der Waals surface area contributed by atoms with Crippen LogP contribution in [0.15, 0.2) is 29.5 Å². The molecular formula is C19H15F4N5O2. The normalized spacial score (nSPS) is 20.5. The Kier molecular flexibility index (Phi) is 4.45. The number of hydrogen-bond acceptors (Lipinski definition) is 4. The van der Waals surface area contributed by atoms with Gasteiger partial charge < -0.3 is 16.4 Å². The number of aromatic nitrogens is 2. The molecule has 1 aliphatic carbocycles. The van der Waals surface area contributed by atoms with Gasteiger partial charge in [-0.1, -0.05) is 11.8 Å². The second-order valence-electron chi connectivity index (χ2n) is 7.14. The monoisotopic (exact) mass is 421 g/mol. The molecule has 7 nitrogen and oxygen atoms in total. The number of carbonyl (C=O) groups excluding carboxylic acids is 1. The molecule has 4 rings (SSSR count). The van der Waals surface area contributed by atoms with E-state index in [0.717, 1.165) is 23.2 Å². The number of amides is 2. The minimum absolute atomic E-state index is 0.128. The number of nitrogen functional groups attached to an aromatic ring is 1. The predicted molar refractivity (Wildman–Crippen MR) is 98.8 cm³/mol. The molecule has 4 N–H and O–H groups in total. The number of rotatable bonds is 2. The highest BCUT2D eigenvalue weighted by Crippen LogP contribution is 2.45. The Morgan fingerprint density at radius 1 is 1.30 bits per heavy atom. The molecular weight excluding hydrogens is 406 g/mol. The Hall–Kier alpha value is -3.55. The Balaban J connectivity index is 1.84. The molecule has 11 heteroatoms. The minimum Gasteiger partial charge on any atom is -0.393 e. The van der Waals surface area contributed by atoms with Crippen LogP contribution in [0.25, 0.3) is 0 Å². The Bertz CT molecular complexity index is 1160. The first kappa shape index (κ1) is 19.8. The third kappa shape index (κ3) is 3.34. The second kappa shape index (κ2) is 6.76. The molecule has 0 spiro atoms. The van der Waals surface area contributed by atoms with Gasteiger partial charge in [0, 0.05) is 22.7 Å². The second-order valence-corrected chi connectivity index (χ2v) is 7.14. The van der Waals surface area contributed by atoms with Crippen molar-refractivity contribution in [1.82, 2.24) is 14.9 Å². The number of nitrogens with two attached hydrogens (primary N) is 1. The molecule has 2 heterocycles. The van der Waals surface area contributed by atoms with Gasteiger partial charge >= 0.3 is 12.2 Å². The van der Waals surface area contributed by atoms with Gasteiger partial charge in [0.05, 0.1) is 19.1 Å². The highest BCUT2D eigenvalue weighted by Gasteiger charge is 2.59. The average molecular weight is 421 g/mol. The Labute approximate surface area is 167 Å². The number of anilines is 2. The summed E-state index contributed by atoms with van der Waals surface area (Å²) in [6, 6.07) is 0.611. The number of nitrogens with one attached hydrogen (secondary N) is 2. The van der Waals surface area contributed by atoms with Crippen LogP contribution in [-0.4, -0.2) is 21.8 Å². The zero-order chi connectivity index (χ0) is 21.7. The Morgan fingerprint density at radius 3 is 2.70 bits per heavy atom. The first-order valence-electron chi connectivity index (χ1n) is 8.92. The maximum absolute atomic E-state index is 14.8. The van der Waals surface area contributed by atoms with Gasteiger partial charge in [-0.25, -0.2) is 14.2 Å². The molecule has 2 aromatic rings. The summed E-state index contributed by atoms with van der Waals surface area (Å²) >= 11 is 0. The molecule has 30 heavy (non-hydrogen) atoms. The van der Waals surface area contributed by atoms with E-state index in [2.05, 4.69) is 22.1 Å². The van der Waals surface area contributed by atoms with E-state index in [-0.39, 0.29) is 29.4 Å². The molecule has 1 aliphatic heterocycles. The summed E-state index contributed by atoms with van der Waals surface area (Å²) in [5, 5.41) is 4.08. The third-order valence-corrected chi connectivity index (χ3v) is 4.87. The molecule has 1 aromatic heterocycles. The average Bonchev–Trinajstić information content (AvgIpc) is 3.48. The number of fused-ring (bicyclic) bond motifs is 1. The topological polar surface area (TPSA) is 102 Å². The van der Waals surface area contributed by atoms with Crippen molar-refractivity contribution in [2.75, 3.05) is 11.1 Å². The third-order valence-electron chi connectivity index (χ3n) is 4.87. The lowest BCUT2D eigenvalue weighted by molar-refractivity contribution is -0.178. The molecule has 1 atom stereocenters. The number of benzene rings is 1. The fraction of sp³-hybridized carbons (Fsp3) is 0.316. The van der Waals surface area contributed by atoms with Crippen molar-refractivity contribution in [3.63, 3.8) is 0 Å². The molecule has 156 valence electrons. The maximum atomic E-state index is 14.8. The van der Waals surface area contributed by atoms with Crippen molar-refractivity contribution in [2.45, 2.75) is 31.1 Å². The van der Waals surface area contributed by atoms with Crippen LogP contribution in [0, 0.1) is 23.6 Å². The quantitative estimate of drug-likeness (QED) is 0.512. The first-order chi connectivity index (χ1) is 14.1. The summed E-state index contributed by atoms with van der Waals surface area (Å²) in [5.74, 6) is 3.49. The highest BCUT2D eigenvalue weighted by molar-refractivity contribution is 5.95. The van der Waals surface area contributed by atoms with Gasteiger partial charge in [0.1, 0.15) is 11.5 Å². The van der Waals surface area contributed by atoms with Crippen LogP contribution in [0.2, 0.25) is 0 Å². The van der Waals surface area contributed by atoms with Crippen molar-refractivity contribution in [3.05, 3.63) is 52.0 Å². The smallest absolute Gasteiger partial charge is 0.393 e. The number of hydrogen-bond donors (Lipinski definition) is 3.